The van der Waals surface area contributed by atoms with Gasteiger partial charge in [0.1, 0.15) is 6.10 Å². The van der Waals surface area contributed by atoms with Gasteiger partial charge in [0.2, 0.25) is 10.8 Å². The number of carbonyl (C=O) groups excluding carboxylic acids is 1. The van der Waals surface area contributed by atoms with Crippen LogP contribution in [0, 0.1) is 13.8 Å². The normalized spacial score (nSPS) is 17.6. The maximum Gasteiger partial charge on any atom is 0.273 e. The Bertz CT molecular complexity index is 1390. The van der Waals surface area contributed by atoms with Gasteiger partial charge in [-0.15, -0.1) is 4.31 Å². The molecule has 1 aliphatic rings. The number of rotatable bonds is 11. The summed E-state index contributed by atoms with van der Waals surface area (Å²) in [6.07, 6.45) is 3.45. The second-order valence-electron chi connectivity index (χ2n) is 10.8. The highest BCUT2D eigenvalue weighted by Gasteiger charge is 2.35. The zero-order valence-electron chi connectivity index (χ0n) is 25.4. The summed E-state index contributed by atoms with van der Waals surface area (Å²) < 4.78 is 21.8. The molecule has 226 valence electrons. The molecule has 1 aromatic heterocycles. The molecule has 0 aliphatic carbocycles. The van der Waals surface area contributed by atoms with Crippen molar-refractivity contribution in [1.82, 2.24) is 14.6 Å². The fourth-order valence-electron chi connectivity index (χ4n) is 5.29. The zero-order chi connectivity index (χ0) is 30.4. The Labute approximate surface area is 252 Å². The van der Waals surface area contributed by atoms with E-state index in [1.165, 1.54) is 0 Å². The van der Waals surface area contributed by atoms with Gasteiger partial charge >= 0.3 is 0 Å². The molecule has 2 aromatic carbocycles. The summed E-state index contributed by atoms with van der Waals surface area (Å²) in [4.78, 5) is 18.0. The molecule has 1 aliphatic heterocycles. The number of pyridine rings is 1. The molecule has 0 radical (unpaired) electrons. The molecule has 3 atom stereocenters. The van der Waals surface area contributed by atoms with Gasteiger partial charge in [0.05, 0.1) is 35.8 Å². The molecule has 2 unspecified atom stereocenters. The third-order valence-electron chi connectivity index (χ3n) is 7.94. The molecule has 10 heteroatoms. The summed E-state index contributed by atoms with van der Waals surface area (Å²) >= 11 is -1.43. The van der Waals surface area contributed by atoms with E-state index >= 15 is 0 Å². The van der Waals surface area contributed by atoms with Gasteiger partial charge in [0.25, 0.3) is 5.88 Å². The first-order chi connectivity index (χ1) is 20.2. The van der Waals surface area contributed by atoms with E-state index in [4.69, 9.17) is 16.3 Å². The van der Waals surface area contributed by atoms with Crippen LogP contribution in [0.25, 0.3) is 0 Å². The Kier molecular flexibility index (Phi) is 10.7. The number of aryl methyl sites for hydroxylation is 1. The molecule has 0 saturated heterocycles. The van der Waals surface area contributed by atoms with Crippen LogP contribution in [-0.4, -0.2) is 45.5 Å². The maximum atomic E-state index is 13.7. The van der Waals surface area contributed by atoms with Crippen molar-refractivity contribution in [3.63, 3.8) is 0 Å². The topological polar surface area (TPSA) is 133 Å². The minimum atomic E-state index is -1.43. The van der Waals surface area contributed by atoms with Crippen LogP contribution in [0.1, 0.15) is 73.8 Å². The molecule has 3 aromatic rings. The quantitative estimate of drug-likeness (QED) is 0.126. The number of aromatic nitrogens is 1. The highest BCUT2D eigenvalue weighted by atomic mass is 32.2. The number of fused-ring (bicyclic) bond motifs is 1. The van der Waals surface area contributed by atoms with Gasteiger partial charge in [0, 0.05) is 37.7 Å². The summed E-state index contributed by atoms with van der Waals surface area (Å²) in [5.74, 6) is 6.38. The first kappa shape index (κ1) is 31.6. The number of nitrogen functional groups attached to an aromatic ring is 1. The average molecular weight is 593 g/mol. The van der Waals surface area contributed by atoms with Crippen LogP contribution in [0.5, 0.6) is 5.88 Å². The highest BCUT2D eigenvalue weighted by Crippen LogP contribution is 2.38. The lowest BCUT2D eigenvalue weighted by Gasteiger charge is -2.26. The van der Waals surface area contributed by atoms with Crippen LogP contribution >= 0.6 is 0 Å². The van der Waals surface area contributed by atoms with E-state index < -0.39 is 11.4 Å². The van der Waals surface area contributed by atoms with Crippen molar-refractivity contribution in [3.05, 3.63) is 76.5 Å². The van der Waals surface area contributed by atoms with E-state index in [1.807, 2.05) is 43.3 Å². The monoisotopic (exact) mass is 592 g/mol. The fourth-order valence-corrected chi connectivity index (χ4v) is 6.57. The Hall–Kier alpha value is -3.31. The van der Waals surface area contributed by atoms with Gasteiger partial charge in [-0.25, -0.2) is 10.8 Å². The number of carbonyl (C=O) groups is 1. The van der Waals surface area contributed by atoms with Crippen LogP contribution in [0.2, 0.25) is 0 Å². The van der Waals surface area contributed by atoms with E-state index in [0.29, 0.717) is 42.6 Å². The maximum absolute atomic E-state index is 13.7. The van der Waals surface area contributed by atoms with Crippen molar-refractivity contribution in [2.24, 2.45) is 5.84 Å². The summed E-state index contributed by atoms with van der Waals surface area (Å²) in [7, 11) is 0. The molecule has 5 N–H and O–H groups in total. The second kappa shape index (κ2) is 14.2. The second-order valence-corrected chi connectivity index (χ2v) is 12.3. The van der Waals surface area contributed by atoms with E-state index in [1.54, 1.807) is 17.3 Å². The molecular formula is C32H44N6O3S. The number of amides is 1. The van der Waals surface area contributed by atoms with Crippen molar-refractivity contribution < 1.29 is 14.1 Å². The van der Waals surface area contributed by atoms with Gasteiger partial charge < -0.3 is 25.3 Å². The van der Waals surface area contributed by atoms with Gasteiger partial charge in [-0.2, -0.15) is 0 Å². The first-order valence-electron chi connectivity index (χ1n) is 14.7. The number of nitrogens with two attached hydrogens (primary N) is 2. The lowest BCUT2D eigenvalue weighted by Crippen LogP contribution is -2.36. The molecule has 2 heterocycles. The van der Waals surface area contributed by atoms with E-state index in [2.05, 4.69) is 42.3 Å². The number of ether oxygens (including phenoxy) is 1. The van der Waals surface area contributed by atoms with Crippen LogP contribution in [0.3, 0.4) is 0 Å². The number of hydrogen-bond donors (Lipinski definition) is 3. The first-order valence-corrected chi connectivity index (χ1v) is 15.8. The van der Waals surface area contributed by atoms with Gasteiger partial charge in [0.15, 0.2) is 0 Å². The predicted octanol–water partition coefficient (Wildman–Crippen LogP) is 4.72. The number of anilines is 2. The number of benzene rings is 2. The summed E-state index contributed by atoms with van der Waals surface area (Å²) in [5, 5.41) is 4.66. The van der Waals surface area contributed by atoms with Crippen molar-refractivity contribution in [1.29, 1.82) is 0 Å². The van der Waals surface area contributed by atoms with Crippen molar-refractivity contribution in [2.45, 2.75) is 77.3 Å². The summed E-state index contributed by atoms with van der Waals surface area (Å²) in [5.41, 5.74) is 13.0. The number of hydrogen-bond acceptors (Lipinski definition) is 8. The summed E-state index contributed by atoms with van der Waals surface area (Å²) in [6.45, 7) is 12.3. The lowest BCUT2D eigenvalue weighted by molar-refractivity contribution is -0.121. The van der Waals surface area contributed by atoms with Crippen molar-refractivity contribution >= 4 is 28.6 Å². The largest absolute Gasteiger partial charge is 0.593 e. The number of nitrogens with zero attached hydrogens (tertiary/aromatic N) is 3. The third kappa shape index (κ3) is 7.00. The Morgan fingerprint density at radius 3 is 2.74 bits per heavy atom. The molecule has 4 rings (SSSR count). The smallest absolute Gasteiger partial charge is 0.273 e. The van der Waals surface area contributed by atoms with Crippen LogP contribution < -0.4 is 26.6 Å². The van der Waals surface area contributed by atoms with E-state index in [9.17, 15) is 9.35 Å². The lowest BCUT2D eigenvalue weighted by atomic mass is 9.83. The van der Waals surface area contributed by atoms with Gasteiger partial charge in [-0.3, -0.25) is 4.79 Å². The van der Waals surface area contributed by atoms with E-state index in [-0.39, 0.29) is 24.3 Å². The van der Waals surface area contributed by atoms with Crippen molar-refractivity contribution in [3.8, 4) is 5.88 Å². The molecule has 0 spiro atoms. The minimum Gasteiger partial charge on any atom is -0.593 e. The van der Waals surface area contributed by atoms with E-state index in [0.717, 1.165) is 46.3 Å². The van der Waals surface area contributed by atoms with Gasteiger partial charge in [-0.1, -0.05) is 38.1 Å². The predicted molar refractivity (Wildman–Crippen MR) is 170 cm³/mol. The minimum absolute atomic E-state index is 0.0132. The van der Waals surface area contributed by atoms with Crippen LogP contribution in [0.15, 0.2) is 53.6 Å². The molecule has 1 amide bonds. The number of nitrogens with one attached hydrogen (secondary N) is 1. The average Bonchev–Trinajstić information content (AvgIpc) is 3.13. The van der Waals surface area contributed by atoms with Crippen molar-refractivity contribution in [2.75, 3.05) is 30.4 Å². The Balaban J connectivity index is 1.72. The third-order valence-corrected chi connectivity index (χ3v) is 9.38. The SMILES string of the molecule is CCCNC(=O)CC(c1ccc(C)c(CN2C[C@@H](CC)Oc3ncccc3[S+]2[O-])c1)c1ccc(N(N)CC)c(N)c1C. The van der Waals surface area contributed by atoms with Crippen LogP contribution in [0.4, 0.5) is 11.4 Å². The zero-order valence-corrected chi connectivity index (χ0v) is 26.2. The van der Waals surface area contributed by atoms with Gasteiger partial charge in [-0.05, 0) is 73.6 Å². The molecule has 42 heavy (non-hydrogen) atoms. The molecule has 0 bridgehead atoms. The van der Waals surface area contributed by atoms with Crippen LogP contribution in [-0.2, 0) is 22.7 Å². The molecule has 0 fully saturated rings. The Morgan fingerprint density at radius 2 is 2.02 bits per heavy atom. The number of hydrazine groups is 1. The molecular weight excluding hydrogens is 548 g/mol. The molecule has 9 nitrogen and oxygen atoms in total. The molecule has 0 saturated carbocycles. The standard InChI is InChI=1S/C32H44N6O3S/c1-6-15-35-30(39)18-27(26-13-14-28(38(34)8-3)31(33)22(26)5)23-12-11-21(4)24(17-23)19-37-20-25(7-2)41-32-29(42(37)40)10-9-16-36-32/h9-14,16-17,25,27H,6-8,15,18-20,33-34H2,1-5H3,(H,35,39)/t25-,27?,42?/m1/s1. The summed E-state index contributed by atoms with van der Waals surface area (Å²) in [6, 6.07) is 13.9. The Morgan fingerprint density at radius 1 is 1.24 bits per heavy atom. The fraction of sp³-hybridized carbons (Fsp3) is 0.438. The highest BCUT2D eigenvalue weighted by molar-refractivity contribution is 7.89.